The Bertz CT molecular complexity index is 839. The van der Waals surface area contributed by atoms with Crippen molar-refractivity contribution in [3.8, 4) is 5.75 Å². The van der Waals surface area contributed by atoms with Gasteiger partial charge < -0.3 is 24.5 Å². The minimum Gasteiger partial charge on any atom is -0.484 e. The number of furan rings is 1. The van der Waals surface area contributed by atoms with E-state index >= 15 is 0 Å². The lowest BCUT2D eigenvalue weighted by atomic mass is 10.1. The van der Waals surface area contributed by atoms with Crippen LogP contribution in [-0.4, -0.2) is 45.0 Å². The fraction of sp³-hybridized carbons (Fsp3) is 0.500. The molecule has 0 bridgehead atoms. The van der Waals surface area contributed by atoms with Gasteiger partial charge in [0.1, 0.15) is 11.5 Å². The van der Waals surface area contributed by atoms with Gasteiger partial charge in [0.05, 0.1) is 19.4 Å². The summed E-state index contributed by atoms with van der Waals surface area (Å²) >= 11 is 0. The third-order valence-corrected chi connectivity index (χ3v) is 4.85. The maximum Gasteiger partial charge on any atom is 0.422 e. The Morgan fingerprint density at radius 1 is 1.25 bits per heavy atom. The van der Waals surface area contributed by atoms with Crippen LogP contribution in [0.4, 0.5) is 13.2 Å². The zero-order valence-corrected chi connectivity index (χ0v) is 20.2. The second-order valence-electron chi connectivity index (χ2n) is 7.55. The lowest BCUT2D eigenvalue weighted by molar-refractivity contribution is -0.153. The first-order chi connectivity index (χ1) is 14.9. The molecular formula is C22H29F3IN3O3. The molecule has 178 valence electrons. The van der Waals surface area contributed by atoms with Gasteiger partial charge in [-0.25, -0.2) is 4.99 Å². The molecule has 10 heteroatoms. The number of nitrogens with zero attached hydrogens (tertiary/aromatic N) is 1. The van der Waals surface area contributed by atoms with E-state index in [1.165, 1.54) is 0 Å². The highest BCUT2D eigenvalue weighted by atomic mass is 127. The van der Waals surface area contributed by atoms with Crippen molar-refractivity contribution in [1.29, 1.82) is 0 Å². The first-order valence-electron chi connectivity index (χ1n) is 10.3. The SMILES string of the molecule is Cc1ccc(CN=C(NCCc2ccco2)NCC2CCOC2)c(OCC(F)(F)F)c1.I. The molecule has 1 fully saturated rings. The molecule has 1 aliphatic heterocycles. The van der Waals surface area contributed by atoms with Crippen molar-refractivity contribution in [2.75, 3.05) is 32.9 Å². The molecule has 0 spiro atoms. The minimum absolute atomic E-state index is 0. The molecule has 2 heterocycles. The number of nitrogens with one attached hydrogen (secondary N) is 2. The smallest absolute Gasteiger partial charge is 0.422 e. The summed E-state index contributed by atoms with van der Waals surface area (Å²) in [6.07, 6.45) is -1.10. The number of aryl methyl sites for hydroxylation is 1. The summed E-state index contributed by atoms with van der Waals surface area (Å²) in [4.78, 5) is 4.57. The van der Waals surface area contributed by atoms with Crippen LogP contribution in [0.2, 0.25) is 0 Å². The third-order valence-electron chi connectivity index (χ3n) is 4.85. The van der Waals surface area contributed by atoms with Crippen LogP contribution >= 0.6 is 24.0 Å². The van der Waals surface area contributed by atoms with Gasteiger partial charge in [-0.3, -0.25) is 0 Å². The predicted molar refractivity (Wildman–Crippen MR) is 127 cm³/mol. The second kappa shape index (κ2) is 12.9. The lowest BCUT2D eigenvalue weighted by Crippen LogP contribution is -2.40. The number of guanidine groups is 1. The Morgan fingerprint density at radius 2 is 2.09 bits per heavy atom. The predicted octanol–water partition coefficient (Wildman–Crippen LogP) is 4.46. The molecule has 32 heavy (non-hydrogen) atoms. The van der Waals surface area contributed by atoms with E-state index in [9.17, 15) is 13.2 Å². The summed E-state index contributed by atoms with van der Waals surface area (Å²) in [6, 6.07) is 8.92. The van der Waals surface area contributed by atoms with Gasteiger partial charge in [0.15, 0.2) is 12.6 Å². The van der Waals surface area contributed by atoms with Gasteiger partial charge in [0.2, 0.25) is 0 Å². The van der Waals surface area contributed by atoms with Gasteiger partial charge in [-0.15, -0.1) is 24.0 Å². The Balaban J connectivity index is 0.00000363. The Morgan fingerprint density at radius 3 is 2.78 bits per heavy atom. The summed E-state index contributed by atoms with van der Waals surface area (Å²) in [7, 11) is 0. The molecule has 1 aliphatic rings. The summed E-state index contributed by atoms with van der Waals surface area (Å²) in [6.45, 7) is 3.43. The fourth-order valence-electron chi connectivity index (χ4n) is 3.17. The van der Waals surface area contributed by atoms with Crippen molar-refractivity contribution in [2.24, 2.45) is 10.9 Å². The van der Waals surface area contributed by atoms with E-state index in [-0.39, 0.29) is 36.3 Å². The monoisotopic (exact) mass is 567 g/mol. The fourth-order valence-corrected chi connectivity index (χ4v) is 3.17. The average molecular weight is 567 g/mol. The van der Waals surface area contributed by atoms with Gasteiger partial charge in [-0.2, -0.15) is 13.2 Å². The summed E-state index contributed by atoms with van der Waals surface area (Å²) < 4.78 is 53.6. The summed E-state index contributed by atoms with van der Waals surface area (Å²) in [5.74, 6) is 2.04. The molecule has 1 saturated heterocycles. The second-order valence-corrected chi connectivity index (χ2v) is 7.55. The number of hydrogen-bond donors (Lipinski definition) is 2. The third kappa shape index (κ3) is 9.27. The number of benzene rings is 1. The molecule has 1 unspecified atom stereocenters. The van der Waals surface area contributed by atoms with Crippen molar-refractivity contribution >= 4 is 29.9 Å². The van der Waals surface area contributed by atoms with Gasteiger partial charge in [-0.05, 0) is 37.1 Å². The van der Waals surface area contributed by atoms with E-state index in [1.807, 2.05) is 18.2 Å². The van der Waals surface area contributed by atoms with Crippen molar-refractivity contribution in [3.05, 3.63) is 53.5 Å². The number of rotatable bonds is 9. The molecule has 1 aromatic heterocycles. The molecule has 0 radical (unpaired) electrons. The molecular weight excluding hydrogens is 538 g/mol. The molecule has 2 aromatic rings. The topological polar surface area (TPSA) is 68.0 Å². The van der Waals surface area contributed by atoms with Gasteiger partial charge in [0, 0.05) is 37.6 Å². The van der Waals surface area contributed by atoms with E-state index in [0.717, 1.165) is 24.4 Å². The largest absolute Gasteiger partial charge is 0.484 e. The highest BCUT2D eigenvalue weighted by Gasteiger charge is 2.28. The first-order valence-corrected chi connectivity index (χ1v) is 10.3. The summed E-state index contributed by atoms with van der Waals surface area (Å²) in [5, 5.41) is 6.56. The summed E-state index contributed by atoms with van der Waals surface area (Å²) in [5.41, 5.74) is 1.41. The average Bonchev–Trinajstić information content (AvgIpc) is 3.42. The van der Waals surface area contributed by atoms with Crippen molar-refractivity contribution in [3.63, 3.8) is 0 Å². The maximum atomic E-state index is 12.6. The Hall–Kier alpha value is -1.95. The van der Waals surface area contributed by atoms with E-state index < -0.39 is 12.8 Å². The molecule has 0 aliphatic carbocycles. The van der Waals surface area contributed by atoms with E-state index in [0.29, 0.717) is 43.6 Å². The number of hydrogen-bond acceptors (Lipinski definition) is 4. The zero-order valence-electron chi connectivity index (χ0n) is 17.9. The van der Waals surface area contributed by atoms with E-state index in [2.05, 4.69) is 15.6 Å². The van der Waals surface area contributed by atoms with Gasteiger partial charge in [-0.1, -0.05) is 12.1 Å². The van der Waals surface area contributed by atoms with Crippen LogP contribution in [0, 0.1) is 12.8 Å². The Kier molecular flexibility index (Phi) is 10.6. The van der Waals surface area contributed by atoms with Crippen LogP contribution < -0.4 is 15.4 Å². The molecule has 1 atom stereocenters. The molecule has 2 N–H and O–H groups in total. The highest BCUT2D eigenvalue weighted by molar-refractivity contribution is 14.0. The molecule has 0 saturated carbocycles. The van der Waals surface area contributed by atoms with Gasteiger partial charge in [0.25, 0.3) is 0 Å². The number of halogens is 4. The van der Waals surface area contributed by atoms with Crippen molar-refractivity contribution in [1.82, 2.24) is 10.6 Å². The van der Waals surface area contributed by atoms with Crippen molar-refractivity contribution in [2.45, 2.75) is 32.5 Å². The zero-order chi connectivity index (χ0) is 22.1. The van der Waals surface area contributed by atoms with Crippen LogP contribution in [-0.2, 0) is 17.7 Å². The molecule has 1 aromatic carbocycles. The standard InChI is InChI=1S/C22H28F3N3O3.HI/c1-16-4-5-18(20(11-16)31-15-22(23,24)25)13-28-21(27-12-17-7-10-29-14-17)26-8-6-19-3-2-9-30-19;/h2-5,9,11,17H,6-8,10,12-15H2,1H3,(H2,26,27,28);1H. The minimum atomic E-state index is -4.40. The first kappa shape index (κ1) is 26.3. The molecule has 3 rings (SSSR count). The van der Waals surface area contributed by atoms with Crippen LogP contribution in [0.3, 0.4) is 0 Å². The quantitative estimate of drug-likeness (QED) is 0.266. The van der Waals surface area contributed by atoms with E-state index in [1.54, 1.807) is 25.3 Å². The van der Waals surface area contributed by atoms with Crippen LogP contribution in [0.5, 0.6) is 5.75 Å². The van der Waals surface area contributed by atoms with Crippen LogP contribution in [0.15, 0.2) is 46.0 Å². The maximum absolute atomic E-state index is 12.6. The lowest BCUT2D eigenvalue weighted by Gasteiger charge is -2.16. The number of ether oxygens (including phenoxy) is 2. The Labute approximate surface area is 203 Å². The normalized spacial score (nSPS) is 16.5. The number of aliphatic imine (C=N–C) groups is 1. The molecule has 6 nitrogen and oxygen atoms in total. The van der Waals surface area contributed by atoms with E-state index in [4.69, 9.17) is 13.9 Å². The van der Waals surface area contributed by atoms with Crippen molar-refractivity contribution < 1.29 is 27.1 Å². The number of alkyl halides is 3. The molecule has 0 amide bonds. The van der Waals surface area contributed by atoms with Crippen LogP contribution in [0.1, 0.15) is 23.3 Å². The van der Waals surface area contributed by atoms with Crippen LogP contribution in [0.25, 0.3) is 0 Å². The van der Waals surface area contributed by atoms with Gasteiger partial charge >= 0.3 is 6.18 Å². The highest BCUT2D eigenvalue weighted by Crippen LogP contribution is 2.24.